The first kappa shape index (κ1) is 26.7. The number of thiophene rings is 1. The number of aryl methyl sites for hydroxylation is 3. The maximum absolute atomic E-state index is 13.7. The lowest BCUT2D eigenvalue weighted by Gasteiger charge is -2.30. The number of hydrogen-bond acceptors (Lipinski definition) is 5. The van der Waals surface area contributed by atoms with Crippen LogP contribution in [0.4, 0.5) is 13.2 Å². The van der Waals surface area contributed by atoms with Gasteiger partial charge in [0, 0.05) is 6.42 Å². The smallest absolute Gasteiger partial charge is 0.425 e. The topological polar surface area (TPSA) is 66.8 Å². The Bertz CT molecular complexity index is 1040. The van der Waals surface area contributed by atoms with Gasteiger partial charge >= 0.3 is 6.18 Å². The molecule has 0 amide bonds. The van der Waals surface area contributed by atoms with Crippen molar-refractivity contribution in [1.29, 1.82) is 0 Å². The Kier molecular flexibility index (Phi) is 8.15. The average Bonchev–Trinajstić information content (AvgIpc) is 3.14. The molecule has 1 aromatic heterocycles. The zero-order chi connectivity index (χ0) is 25.3. The van der Waals surface area contributed by atoms with Crippen molar-refractivity contribution in [2.24, 2.45) is 5.41 Å². The molecule has 0 saturated carbocycles. The van der Waals surface area contributed by atoms with E-state index in [0.717, 1.165) is 23.1 Å². The Labute approximate surface area is 202 Å². The predicted octanol–water partition coefficient (Wildman–Crippen LogP) is 5.70. The number of ketones is 1. The number of carbonyl (C=O) groups excluding carboxylic acids is 1. The minimum absolute atomic E-state index is 0.0238. The van der Waals surface area contributed by atoms with Gasteiger partial charge in [-0.3, -0.25) is 4.79 Å². The quantitative estimate of drug-likeness (QED) is 0.435. The van der Waals surface area contributed by atoms with Gasteiger partial charge in [-0.05, 0) is 72.3 Å². The van der Waals surface area contributed by atoms with Crippen molar-refractivity contribution in [3.05, 3.63) is 49.7 Å². The van der Waals surface area contributed by atoms with Gasteiger partial charge < -0.3 is 14.9 Å². The number of aliphatic hydroxyl groups is 2. The monoisotopic (exact) mass is 498 g/mol. The summed E-state index contributed by atoms with van der Waals surface area (Å²) in [7, 11) is 0. The van der Waals surface area contributed by atoms with Crippen LogP contribution in [0.25, 0.3) is 0 Å². The molecular formula is C26H33F3O4S. The van der Waals surface area contributed by atoms with Crippen molar-refractivity contribution in [2.75, 3.05) is 13.2 Å². The van der Waals surface area contributed by atoms with Crippen molar-refractivity contribution in [3.63, 3.8) is 0 Å². The summed E-state index contributed by atoms with van der Waals surface area (Å²) in [6.07, 6.45) is -2.58. The maximum atomic E-state index is 13.7. The molecule has 1 heterocycles. The van der Waals surface area contributed by atoms with E-state index in [0.29, 0.717) is 53.9 Å². The van der Waals surface area contributed by atoms with Gasteiger partial charge in [0.15, 0.2) is 5.78 Å². The second-order valence-corrected chi connectivity index (χ2v) is 10.9. The number of hydrogen-bond donors (Lipinski definition) is 2. The van der Waals surface area contributed by atoms with Gasteiger partial charge in [-0.25, -0.2) is 0 Å². The minimum Gasteiger partial charge on any atom is -0.490 e. The zero-order valence-electron chi connectivity index (χ0n) is 20.1. The molecule has 0 radical (unpaired) electrons. The van der Waals surface area contributed by atoms with Gasteiger partial charge in [0.1, 0.15) is 23.3 Å². The number of alkyl halides is 3. The molecule has 0 fully saturated rings. The van der Waals surface area contributed by atoms with E-state index in [4.69, 9.17) is 9.84 Å². The first-order valence-corrected chi connectivity index (χ1v) is 12.5. The van der Waals surface area contributed by atoms with E-state index in [1.165, 1.54) is 0 Å². The van der Waals surface area contributed by atoms with E-state index in [1.54, 1.807) is 0 Å². The molecule has 0 unspecified atom stereocenters. The van der Waals surface area contributed by atoms with Gasteiger partial charge in [0.2, 0.25) is 0 Å². The normalized spacial score (nSPS) is 16.3. The fourth-order valence-corrected chi connectivity index (χ4v) is 5.78. The summed E-state index contributed by atoms with van der Waals surface area (Å²) < 4.78 is 46.8. The van der Waals surface area contributed by atoms with E-state index in [-0.39, 0.29) is 35.7 Å². The first-order valence-electron chi connectivity index (χ1n) is 11.6. The number of halogens is 3. The van der Waals surface area contributed by atoms with Gasteiger partial charge in [-0.1, -0.05) is 32.9 Å². The van der Waals surface area contributed by atoms with Crippen LogP contribution in [0.2, 0.25) is 0 Å². The summed E-state index contributed by atoms with van der Waals surface area (Å²) >= 11 is 0.612. The van der Waals surface area contributed by atoms with Crippen LogP contribution in [-0.2, 0) is 31.9 Å². The Balaban J connectivity index is 1.80. The van der Waals surface area contributed by atoms with Crippen molar-refractivity contribution < 1.29 is 32.9 Å². The number of ether oxygens (including phenoxy) is 1. The third kappa shape index (κ3) is 6.01. The highest BCUT2D eigenvalue weighted by molar-refractivity contribution is 7.14. The van der Waals surface area contributed by atoms with E-state index in [1.807, 2.05) is 39.8 Å². The number of Topliss-reactive ketones (excluding diaryl/α,β-unsaturated/α-hetero) is 1. The van der Waals surface area contributed by atoms with Crippen LogP contribution in [-0.4, -0.2) is 35.3 Å². The van der Waals surface area contributed by atoms with Crippen molar-refractivity contribution in [1.82, 2.24) is 0 Å². The number of fused-ring (bicyclic) bond motifs is 1. The van der Waals surface area contributed by atoms with Crippen LogP contribution in [0.15, 0.2) is 12.1 Å². The molecule has 34 heavy (non-hydrogen) atoms. The SMILES string of the molecule is CCc1cc(CCC(=O)c2sc(C(F)(F)F)c3c2CCC(C)(C)C3)cc(C)c1OC[C@H](O)CO. The molecule has 0 spiro atoms. The molecule has 0 aliphatic heterocycles. The molecule has 2 N–H and O–H groups in total. The Morgan fingerprint density at radius 2 is 1.97 bits per heavy atom. The van der Waals surface area contributed by atoms with E-state index in [2.05, 4.69) is 0 Å². The third-order valence-corrected chi connectivity index (χ3v) is 7.76. The van der Waals surface area contributed by atoms with Crippen molar-refractivity contribution >= 4 is 17.1 Å². The zero-order valence-corrected chi connectivity index (χ0v) is 21.0. The molecule has 0 bridgehead atoms. The fourth-order valence-electron chi connectivity index (χ4n) is 4.58. The van der Waals surface area contributed by atoms with Crippen LogP contribution in [0.3, 0.4) is 0 Å². The lowest BCUT2D eigenvalue weighted by atomic mass is 9.74. The molecule has 1 atom stereocenters. The second-order valence-electron chi connectivity index (χ2n) is 9.88. The Morgan fingerprint density at radius 3 is 2.59 bits per heavy atom. The molecule has 8 heteroatoms. The maximum Gasteiger partial charge on any atom is 0.425 e. The third-order valence-electron chi connectivity index (χ3n) is 6.40. The highest BCUT2D eigenvalue weighted by atomic mass is 32.1. The average molecular weight is 499 g/mol. The summed E-state index contributed by atoms with van der Waals surface area (Å²) in [6.45, 7) is 7.38. The molecule has 188 valence electrons. The van der Waals surface area contributed by atoms with Crippen molar-refractivity contribution in [3.8, 4) is 5.75 Å². The number of aliphatic hydroxyl groups excluding tert-OH is 2. The minimum atomic E-state index is -4.45. The summed E-state index contributed by atoms with van der Waals surface area (Å²) in [6, 6.07) is 3.84. The number of carbonyl (C=O) groups is 1. The summed E-state index contributed by atoms with van der Waals surface area (Å²) in [4.78, 5) is 12.7. The van der Waals surface area contributed by atoms with E-state index >= 15 is 0 Å². The Morgan fingerprint density at radius 1 is 1.26 bits per heavy atom. The van der Waals surface area contributed by atoms with Crippen LogP contribution < -0.4 is 4.74 Å². The van der Waals surface area contributed by atoms with Crippen LogP contribution in [0, 0.1) is 12.3 Å². The summed E-state index contributed by atoms with van der Waals surface area (Å²) in [5.41, 5.74) is 3.38. The lowest BCUT2D eigenvalue weighted by Crippen LogP contribution is -2.24. The summed E-state index contributed by atoms with van der Waals surface area (Å²) in [5.74, 6) is 0.411. The first-order chi connectivity index (χ1) is 15.9. The molecule has 4 nitrogen and oxygen atoms in total. The molecule has 1 aromatic carbocycles. The largest absolute Gasteiger partial charge is 0.490 e. The molecule has 2 aromatic rings. The second kappa shape index (κ2) is 10.4. The molecule has 3 rings (SSSR count). The van der Waals surface area contributed by atoms with Crippen LogP contribution in [0.5, 0.6) is 5.75 Å². The van der Waals surface area contributed by atoms with Crippen LogP contribution >= 0.6 is 11.3 Å². The molecule has 0 saturated heterocycles. The van der Waals surface area contributed by atoms with Gasteiger partial charge in [0.25, 0.3) is 0 Å². The van der Waals surface area contributed by atoms with Gasteiger partial charge in [-0.15, -0.1) is 11.3 Å². The van der Waals surface area contributed by atoms with Crippen LogP contribution in [0.1, 0.15) is 76.0 Å². The standard InChI is InChI=1S/C26H33F3O4S/c1-5-17-11-16(10-15(2)22(17)33-14-18(31)13-30)6-7-21(32)23-19-8-9-25(3,4)12-20(19)24(34-23)26(27,28)29/h10-11,18,30-31H,5-9,12-14H2,1-4H3/t18-/m1/s1. The fraction of sp³-hybridized carbons (Fsp3) is 0.577. The molecule has 1 aliphatic carbocycles. The van der Waals surface area contributed by atoms with Crippen molar-refractivity contribution in [2.45, 2.75) is 78.5 Å². The number of rotatable bonds is 9. The highest BCUT2D eigenvalue weighted by Gasteiger charge is 2.42. The lowest BCUT2D eigenvalue weighted by molar-refractivity contribution is -0.135. The van der Waals surface area contributed by atoms with Gasteiger partial charge in [0.05, 0.1) is 11.5 Å². The number of benzene rings is 1. The predicted molar refractivity (Wildman–Crippen MR) is 127 cm³/mol. The Hall–Kier alpha value is -1.90. The highest BCUT2D eigenvalue weighted by Crippen LogP contribution is 2.47. The van der Waals surface area contributed by atoms with E-state index in [9.17, 15) is 23.1 Å². The molecule has 1 aliphatic rings. The van der Waals surface area contributed by atoms with Gasteiger partial charge in [-0.2, -0.15) is 13.2 Å². The summed E-state index contributed by atoms with van der Waals surface area (Å²) in [5, 5.41) is 18.6. The molecular weight excluding hydrogens is 465 g/mol. The van der Waals surface area contributed by atoms with E-state index < -0.39 is 17.2 Å².